The molecule has 0 unspecified atom stereocenters. The van der Waals surface area contributed by atoms with Gasteiger partial charge in [0.05, 0.1) is 17.8 Å². The Morgan fingerprint density at radius 3 is 2.67 bits per heavy atom. The molecule has 0 amide bonds. The van der Waals surface area contributed by atoms with E-state index in [2.05, 4.69) is 10.3 Å². The van der Waals surface area contributed by atoms with Crippen LogP contribution in [0.3, 0.4) is 0 Å². The second-order valence-corrected chi connectivity index (χ2v) is 5.83. The van der Waals surface area contributed by atoms with Gasteiger partial charge in [-0.05, 0) is 26.3 Å². The molecule has 2 aromatic rings. The van der Waals surface area contributed by atoms with E-state index in [1.807, 2.05) is 31.2 Å². The molecule has 0 aliphatic heterocycles. The molecule has 0 saturated carbocycles. The molecular weight excluding hydrogens is 270 g/mol. The summed E-state index contributed by atoms with van der Waals surface area (Å²) in [4.78, 5) is 11.3. The maximum absolute atomic E-state index is 11.3. The number of aryl methyl sites for hydroxylation is 1. The number of aromatic carboxylic acids is 1. The molecule has 0 aliphatic carbocycles. The lowest BCUT2D eigenvalue weighted by Gasteiger charge is -2.18. The van der Waals surface area contributed by atoms with Crippen molar-refractivity contribution >= 4 is 5.97 Å². The van der Waals surface area contributed by atoms with Gasteiger partial charge in [0.25, 0.3) is 0 Å². The molecule has 2 N–H and O–H groups in total. The molecule has 1 aromatic carbocycles. The lowest BCUT2D eigenvalue weighted by molar-refractivity contribution is 0.0560. The summed E-state index contributed by atoms with van der Waals surface area (Å²) in [6.45, 7) is 5.46. The number of hydrogen-bond donors (Lipinski definition) is 2. The summed E-state index contributed by atoms with van der Waals surface area (Å²) in [5.74, 6) is -1.11. The van der Waals surface area contributed by atoms with Crippen LogP contribution >= 0.6 is 0 Å². The molecule has 0 radical (unpaired) electrons. The molecule has 6 heteroatoms. The summed E-state index contributed by atoms with van der Waals surface area (Å²) >= 11 is 0. The maximum Gasteiger partial charge on any atom is 0.358 e. The van der Waals surface area contributed by atoms with Gasteiger partial charge >= 0.3 is 5.97 Å². The smallest absolute Gasteiger partial charge is 0.358 e. The number of rotatable bonds is 5. The first kappa shape index (κ1) is 15.2. The van der Waals surface area contributed by atoms with E-state index in [-0.39, 0.29) is 12.2 Å². The zero-order chi connectivity index (χ0) is 15.6. The molecule has 0 atom stereocenters. The normalized spacial score (nSPS) is 11.6. The number of aliphatic hydroxyl groups is 1. The fraction of sp³-hybridized carbons (Fsp3) is 0.400. The second-order valence-electron chi connectivity index (χ2n) is 5.83. The van der Waals surface area contributed by atoms with Crippen molar-refractivity contribution in [3.8, 4) is 0 Å². The lowest BCUT2D eigenvalue weighted by Crippen LogP contribution is -2.28. The molecule has 112 valence electrons. The van der Waals surface area contributed by atoms with Crippen LogP contribution in [0, 0.1) is 6.92 Å². The Morgan fingerprint density at radius 1 is 1.38 bits per heavy atom. The average Bonchev–Trinajstić information content (AvgIpc) is 2.70. The molecule has 6 nitrogen and oxygen atoms in total. The zero-order valence-electron chi connectivity index (χ0n) is 12.4. The fourth-order valence-corrected chi connectivity index (χ4v) is 2.18. The highest BCUT2D eigenvalue weighted by molar-refractivity contribution is 5.86. The first-order chi connectivity index (χ1) is 9.76. The van der Waals surface area contributed by atoms with Crippen molar-refractivity contribution in [3.05, 3.63) is 46.8 Å². The third kappa shape index (κ3) is 3.88. The number of carbonyl (C=O) groups is 1. The van der Waals surface area contributed by atoms with E-state index in [1.165, 1.54) is 4.68 Å². The van der Waals surface area contributed by atoms with Gasteiger partial charge in [-0.1, -0.05) is 35.0 Å². The summed E-state index contributed by atoms with van der Waals surface area (Å²) in [5.41, 5.74) is 1.52. The summed E-state index contributed by atoms with van der Waals surface area (Å²) in [7, 11) is 0. The molecule has 0 fully saturated rings. The maximum atomic E-state index is 11.3. The minimum absolute atomic E-state index is 0.0687. The molecule has 1 aromatic heterocycles. The number of aromatic nitrogens is 3. The summed E-state index contributed by atoms with van der Waals surface area (Å²) < 4.78 is 1.46. The largest absolute Gasteiger partial charge is 0.476 e. The Labute approximate surface area is 123 Å². The first-order valence-corrected chi connectivity index (χ1v) is 6.70. The monoisotopic (exact) mass is 289 g/mol. The van der Waals surface area contributed by atoms with Crippen LogP contribution in [0.4, 0.5) is 0 Å². The van der Waals surface area contributed by atoms with Gasteiger partial charge in [0.2, 0.25) is 0 Å². The van der Waals surface area contributed by atoms with E-state index in [0.29, 0.717) is 12.1 Å². The number of benzene rings is 1. The molecule has 0 spiro atoms. The van der Waals surface area contributed by atoms with Crippen LogP contribution in [0.15, 0.2) is 24.3 Å². The highest BCUT2D eigenvalue weighted by Gasteiger charge is 2.23. The standard InChI is InChI=1S/C15H19N3O3/c1-10-5-4-6-11(7-10)8-12-13(14(19)20)16-17-18(12)9-15(2,3)21/h4-7,21H,8-9H2,1-3H3,(H,19,20). The molecule has 2 rings (SSSR count). The molecule has 0 bridgehead atoms. The first-order valence-electron chi connectivity index (χ1n) is 6.70. The van der Waals surface area contributed by atoms with Crippen LogP contribution in [0.1, 0.15) is 41.2 Å². The van der Waals surface area contributed by atoms with Crippen molar-refractivity contribution < 1.29 is 15.0 Å². The number of carboxylic acids is 1. The Hall–Kier alpha value is -2.21. The minimum atomic E-state index is -1.11. The molecule has 0 saturated heterocycles. The Morgan fingerprint density at radius 2 is 2.10 bits per heavy atom. The van der Waals surface area contributed by atoms with Crippen LogP contribution < -0.4 is 0 Å². The molecular formula is C15H19N3O3. The van der Waals surface area contributed by atoms with Crippen molar-refractivity contribution in [2.24, 2.45) is 0 Å². The van der Waals surface area contributed by atoms with Gasteiger partial charge in [-0.2, -0.15) is 0 Å². The van der Waals surface area contributed by atoms with E-state index in [0.717, 1.165) is 11.1 Å². The van der Waals surface area contributed by atoms with Crippen molar-refractivity contribution in [1.82, 2.24) is 15.0 Å². The van der Waals surface area contributed by atoms with Crippen molar-refractivity contribution in [1.29, 1.82) is 0 Å². The van der Waals surface area contributed by atoms with Gasteiger partial charge in [0, 0.05) is 6.42 Å². The lowest BCUT2D eigenvalue weighted by atomic mass is 10.0. The van der Waals surface area contributed by atoms with Gasteiger partial charge in [-0.15, -0.1) is 5.10 Å². The molecule has 1 heterocycles. The van der Waals surface area contributed by atoms with Crippen LogP contribution in [-0.2, 0) is 13.0 Å². The number of carboxylic acid groups (broad SMARTS) is 1. The third-order valence-electron chi connectivity index (χ3n) is 3.03. The van der Waals surface area contributed by atoms with E-state index >= 15 is 0 Å². The fourth-order valence-electron chi connectivity index (χ4n) is 2.18. The minimum Gasteiger partial charge on any atom is -0.476 e. The third-order valence-corrected chi connectivity index (χ3v) is 3.03. The Bertz CT molecular complexity index is 656. The van der Waals surface area contributed by atoms with Gasteiger partial charge in [0.15, 0.2) is 5.69 Å². The summed E-state index contributed by atoms with van der Waals surface area (Å²) in [6.07, 6.45) is 0.409. The average molecular weight is 289 g/mol. The van der Waals surface area contributed by atoms with Crippen molar-refractivity contribution in [3.63, 3.8) is 0 Å². The van der Waals surface area contributed by atoms with Crippen molar-refractivity contribution in [2.75, 3.05) is 0 Å². The van der Waals surface area contributed by atoms with E-state index in [4.69, 9.17) is 0 Å². The summed E-state index contributed by atoms with van der Waals surface area (Å²) in [6, 6.07) is 7.83. The van der Waals surface area contributed by atoms with E-state index in [9.17, 15) is 15.0 Å². The Kier molecular flexibility index (Phi) is 4.09. The quantitative estimate of drug-likeness (QED) is 0.873. The van der Waals surface area contributed by atoms with Gasteiger partial charge < -0.3 is 10.2 Å². The molecule has 0 aliphatic rings. The van der Waals surface area contributed by atoms with Crippen LogP contribution in [0.5, 0.6) is 0 Å². The van der Waals surface area contributed by atoms with Crippen molar-refractivity contribution in [2.45, 2.75) is 39.3 Å². The van der Waals surface area contributed by atoms with E-state index in [1.54, 1.807) is 13.8 Å². The number of hydrogen-bond acceptors (Lipinski definition) is 4. The predicted molar refractivity (Wildman–Crippen MR) is 77.3 cm³/mol. The van der Waals surface area contributed by atoms with Gasteiger partial charge in [-0.25, -0.2) is 9.48 Å². The highest BCUT2D eigenvalue weighted by atomic mass is 16.4. The number of nitrogens with zero attached hydrogens (tertiary/aromatic N) is 3. The van der Waals surface area contributed by atoms with Crippen LogP contribution in [-0.4, -0.2) is 36.8 Å². The van der Waals surface area contributed by atoms with Crippen LogP contribution in [0.25, 0.3) is 0 Å². The van der Waals surface area contributed by atoms with Gasteiger partial charge in [0.1, 0.15) is 0 Å². The SMILES string of the molecule is Cc1cccc(Cc2c(C(=O)O)nnn2CC(C)(C)O)c1. The highest BCUT2D eigenvalue weighted by Crippen LogP contribution is 2.16. The zero-order valence-corrected chi connectivity index (χ0v) is 12.4. The second kappa shape index (κ2) is 5.65. The summed E-state index contributed by atoms with van der Waals surface area (Å²) in [5, 5.41) is 26.7. The van der Waals surface area contributed by atoms with Gasteiger partial charge in [-0.3, -0.25) is 0 Å². The van der Waals surface area contributed by atoms with Crippen LogP contribution in [0.2, 0.25) is 0 Å². The van der Waals surface area contributed by atoms with E-state index < -0.39 is 11.6 Å². The predicted octanol–water partition coefficient (Wildman–Crippen LogP) is 1.65. The Balaban J connectivity index is 2.39. The molecule has 21 heavy (non-hydrogen) atoms. The topological polar surface area (TPSA) is 88.2 Å².